The molecule has 0 saturated heterocycles. The molecule has 1 aromatic heterocycles. The molecule has 1 aromatic rings. The second-order valence-electron chi connectivity index (χ2n) is 3.76. The van der Waals surface area contributed by atoms with Gasteiger partial charge in [0, 0.05) is 16.2 Å². The quantitative estimate of drug-likeness (QED) is 0.827. The number of hydrogen-bond donors (Lipinski definition) is 0. The van der Waals surface area contributed by atoms with Gasteiger partial charge in [0.25, 0.3) is 0 Å². The Morgan fingerprint density at radius 1 is 1.60 bits per heavy atom. The van der Waals surface area contributed by atoms with Gasteiger partial charge >= 0.3 is 0 Å². The summed E-state index contributed by atoms with van der Waals surface area (Å²) in [6.45, 7) is 0. The summed E-state index contributed by atoms with van der Waals surface area (Å²) in [5.74, 6) is 0.569. The number of hydrogen-bond acceptors (Lipinski definition) is 3. The van der Waals surface area contributed by atoms with Crippen molar-refractivity contribution in [3.8, 4) is 11.9 Å². The van der Waals surface area contributed by atoms with Crippen molar-refractivity contribution in [3.63, 3.8) is 0 Å². The van der Waals surface area contributed by atoms with Crippen molar-refractivity contribution in [1.29, 1.82) is 5.26 Å². The van der Waals surface area contributed by atoms with Crippen LogP contribution in [-0.4, -0.2) is 12.1 Å². The van der Waals surface area contributed by atoms with E-state index >= 15 is 0 Å². The summed E-state index contributed by atoms with van der Waals surface area (Å²) in [4.78, 5) is 4.17. The highest BCUT2D eigenvalue weighted by Crippen LogP contribution is 2.46. The van der Waals surface area contributed by atoms with Crippen molar-refractivity contribution in [1.82, 2.24) is 4.98 Å². The van der Waals surface area contributed by atoms with Gasteiger partial charge in [0.1, 0.15) is 0 Å². The Balaban J connectivity index is 2.50. The second-order valence-corrected chi connectivity index (χ2v) is 4.67. The Hall–Kier alpha value is -1.08. The van der Waals surface area contributed by atoms with Crippen LogP contribution in [0.4, 0.5) is 0 Å². The zero-order valence-corrected chi connectivity index (χ0v) is 10.0. The van der Waals surface area contributed by atoms with E-state index in [0.717, 1.165) is 29.3 Å². The number of methoxy groups -OCH3 is 1. The first kappa shape index (κ1) is 10.4. The Morgan fingerprint density at radius 2 is 2.33 bits per heavy atom. The number of pyridine rings is 1. The second kappa shape index (κ2) is 3.82. The monoisotopic (exact) mass is 266 g/mol. The molecule has 2 rings (SSSR count). The molecule has 0 bridgehead atoms. The van der Waals surface area contributed by atoms with Gasteiger partial charge in [0.15, 0.2) is 0 Å². The van der Waals surface area contributed by atoms with E-state index in [9.17, 15) is 5.26 Å². The van der Waals surface area contributed by atoms with Crippen molar-refractivity contribution < 1.29 is 4.74 Å². The van der Waals surface area contributed by atoms with Gasteiger partial charge in [-0.1, -0.05) is 0 Å². The van der Waals surface area contributed by atoms with Gasteiger partial charge in [-0.15, -0.1) is 0 Å². The van der Waals surface area contributed by atoms with E-state index in [4.69, 9.17) is 4.74 Å². The van der Waals surface area contributed by atoms with Gasteiger partial charge in [-0.25, -0.2) is 4.98 Å². The van der Waals surface area contributed by atoms with E-state index in [0.29, 0.717) is 5.88 Å². The molecule has 1 aliphatic rings. The standard InChI is InChI=1S/C11H11BrN2O/c1-15-10-9(5-8(12)6-14-10)11(7-13)3-2-4-11/h5-6H,2-4H2,1H3. The molecule has 0 N–H and O–H groups in total. The molecule has 1 saturated carbocycles. The van der Waals surface area contributed by atoms with E-state index in [2.05, 4.69) is 27.0 Å². The maximum atomic E-state index is 9.25. The topological polar surface area (TPSA) is 45.9 Å². The highest BCUT2D eigenvalue weighted by atomic mass is 79.9. The van der Waals surface area contributed by atoms with Gasteiger partial charge in [-0.3, -0.25) is 0 Å². The Bertz CT molecular complexity index is 421. The number of nitriles is 1. The third-order valence-corrected chi connectivity index (χ3v) is 3.38. The van der Waals surface area contributed by atoms with E-state index in [1.807, 2.05) is 6.07 Å². The third kappa shape index (κ3) is 1.61. The lowest BCUT2D eigenvalue weighted by molar-refractivity contribution is 0.302. The Labute approximate surface area is 97.2 Å². The minimum absolute atomic E-state index is 0.373. The van der Waals surface area contributed by atoms with Crippen LogP contribution in [-0.2, 0) is 5.41 Å². The highest BCUT2D eigenvalue weighted by molar-refractivity contribution is 9.10. The molecule has 0 amide bonds. The largest absolute Gasteiger partial charge is 0.481 e. The first-order valence-corrected chi connectivity index (χ1v) is 5.62. The van der Waals surface area contributed by atoms with Crippen LogP contribution in [0.25, 0.3) is 0 Å². The van der Waals surface area contributed by atoms with Gasteiger partial charge in [0.2, 0.25) is 5.88 Å². The average Bonchev–Trinajstić information content (AvgIpc) is 2.17. The van der Waals surface area contributed by atoms with E-state index in [1.165, 1.54) is 0 Å². The predicted molar refractivity (Wildman–Crippen MR) is 59.6 cm³/mol. The number of halogens is 1. The van der Waals surface area contributed by atoms with Crippen LogP contribution in [0.3, 0.4) is 0 Å². The molecule has 3 nitrogen and oxygen atoms in total. The van der Waals surface area contributed by atoms with Gasteiger partial charge in [0.05, 0.1) is 18.6 Å². The van der Waals surface area contributed by atoms with Crippen LogP contribution in [0.1, 0.15) is 24.8 Å². The summed E-state index contributed by atoms with van der Waals surface area (Å²) in [6.07, 6.45) is 4.59. The summed E-state index contributed by atoms with van der Waals surface area (Å²) in [6, 6.07) is 4.33. The molecule has 1 heterocycles. The fraction of sp³-hybridized carbons (Fsp3) is 0.455. The molecular formula is C11H11BrN2O. The molecule has 0 spiro atoms. The number of ether oxygens (including phenoxy) is 1. The SMILES string of the molecule is COc1ncc(Br)cc1C1(C#N)CCC1. The van der Waals surface area contributed by atoms with Crippen molar-refractivity contribution in [2.75, 3.05) is 7.11 Å². The number of aromatic nitrogens is 1. The van der Waals surface area contributed by atoms with Gasteiger partial charge in [-0.05, 0) is 41.3 Å². The summed E-state index contributed by atoms with van der Waals surface area (Å²) < 4.78 is 6.09. The molecule has 1 aliphatic carbocycles. The van der Waals surface area contributed by atoms with Crippen LogP contribution in [0.5, 0.6) is 5.88 Å². The smallest absolute Gasteiger partial charge is 0.217 e. The van der Waals surface area contributed by atoms with Crippen LogP contribution in [0, 0.1) is 11.3 Å². The zero-order chi connectivity index (χ0) is 10.9. The van der Waals surface area contributed by atoms with Crippen LogP contribution < -0.4 is 4.74 Å². The van der Waals surface area contributed by atoms with Crippen molar-refractivity contribution in [2.45, 2.75) is 24.7 Å². The highest BCUT2D eigenvalue weighted by Gasteiger charge is 2.41. The maximum Gasteiger partial charge on any atom is 0.217 e. The van der Waals surface area contributed by atoms with Gasteiger partial charge in [-0.2, -0.15) is 5.26 Å². The lowest BCUT2D eigenvalue weighted by Crippen LogP contribution is -2.33. The summed E-state index contributed by atoms with van der Waals surface area (Å²) in [5.41, 5.74) is 0.537. The lowest BCUT2D eigenvalue weighted by Gasteiger charge is -2.35. The molecule has 78 valence electrons. The average molecular weight is 267 g/mol. The molecule has 0 radical (unpaired) electrons. The minimum atomic E-state index is -0.373. The van der Waals surface area contributed by atoms with E-state index in [1.54, 1.807) is 13.3 Å². The molecular weight excluding hydrogens is 256 g/mol. The van der Waals surface area contributed by atoms with Crippen LogP contribution >= 0.6 is 15.9 Å². The summed E-state index contributed by atoms with van der Waals surface area (Å²) >= 11 is 3.37. The Kier molecular flexibility index (Phi) is 2.66. The van der Waals surface area contributed by atoms with Crippen LogP contribution in [0.2, 0.25) is 0 Å². The molecule has 0 unspecified atom stereocenters. The zero-order valence-electron chi connectivity index (χ0n) is 8.46. The van der Waals surface area contributed by atoms with Crippen molar-refractivity contribution in [3.05, 3.63) is 22.3 Å². The number of nitrogens with zero attached hydrogens (tertiary/aromatic N) is 2. The predicted octanol–water partition coefficient (Wildman–Crippen LogP) is 2.80. The fourth-order valence-electron chi connectivity index (χ4n) is 1.90. The van der Waals surface area contributed by atoms with E-state index < -0.39 is 0 Å². The molecule has 0 atom stereocenters. The molecule has 1 fully saturated rings. The first-order chi connectivity index (χ1) is 7.22. The van der Waals surface area contributed by atoms with Crippen molar-refractivity contribution >= 4 is 15.9 Å². The van der Waals surface area contributed by atoms with Gasteiger partial charge < -0.3 is 4.74 Å². The maximum absolute atomic E-state index is 9.25. The normalized spacial score (nSPS) is 17.7. The molecule has 0 aliphatic heterocycles. The molecule has 15 heavy (non-hydrogen) atoms. The molecule has 4 heteroatoms. The summed E-state index contributed by atoms with van der Waals surface area (Å²) in [7, 11) is 1.59. The number of rotatable bonds is 2. The minimum Gasteiger partial charge on any atom is -0.481 e. The van der Waals surface area contributed by atoms with Crippen molar-refractivity contribution in [2.24, 2.45) is 0 Å². The third-order valence-electron chi connectivity index (χ3n) is 2.95. The lowest BCUT2D eigenvalue weighted by atomic mass is 9.66. The fourth-order valence-corrected chi connectivity index (χ4v) is 2.24. The Morgan fingerprint density at radius 3 is 2.80 bits per heavy atom. The molecule has 0 aromatic carbocycles. The van der Waals surface area contributed by atoms with E-state index in [-0.39, 0.29) is 5.41 Å². The first-order valence-electron chi connectivity index (χ1n) is 4.83. The summed E-state index contributed by atoms with van der Waals surface area (Å²) in [5, 5.41) is 9.25. The van der Waals surface area contributed by atoms with Crippen LogP contribution in [0.15, 0.2) is 16.7 Å².